The first kappa shape index (κ1) is 20.5. The van der Waals surface area contributed by atoms with Crippen LogP contribution >= 0.6 is 0 Å². The van der Waals surface area contributed by atoms with Crippen LogP contribution in [0.5, 0.6) is 5.75 Å². The van der Waals surface area contributed by atoms with E-state index < -0.39 is 0 Å². The minimum atomic E-state index is -0.213. The molecule has 5 nitrogen and oxygen atoms in total. The molecule has 0 spiro atoms. The molecule has 0 aromatic heterocycles. The van der Waals surface area contributed by atoms with E-state index in [4.69, 9.17) is 10.5 Å². The quantitative estimate of drug-likeness (QED) is 0.693. The number of amides is 1. The zero-order valence-corrected chi connectivity index (χ0v) is 17.9. The van der Waals surface area contributed by atoms with Crippen molar-refractivity contribution in [3.05, 3.63) is 65.2 Å². The second-order valence-electron chi connectivity index (χ2n) is 8.52. The van der Waals surface area contributed by atoms with Gasteiger partial charge in [-0.3, -0.25) is 9.69 Å². The first-order valence-electron chi connectivity index (χ1n) is 10.9. The molecule has 0 bridgehead atoms. The molecule has 2 aromatic carbocycles. The molecule has 2 aromatic rings. The fourth-order valence-corrected chi connectivity index (χ4v) is 4.68. The van der Waals surface area contributed by atoms with E-state index in [0.29, 0.717) is 28.7 Å². The maximum Gasteiger partial charge on any atom is 0.255 e. The van der Waals surface area contributed by atoms with Crippen molar-refractivity contribution < 1.29 is 9.53 Å². The number of hydrogen-bond donors (Lipinski definition) is 2. The van der Waals surface area contributed by atoms with Gasteiger partial charge in [-0.05, 0) is 81.9 Å². The highest BCUT2D eigenvalue weighted by Gasteiger charge is 2.31. The van der Waals surface area contributed by atoms with Gasteiger partial charge in [0.05, 0.1) is 11.8 Å². The number of carbonyl (C=O) groups is 1. The lowest BCUT2D eigenvalue weighted by molar-refractivity contribution is 0.0974. The maximum absolute atomic E-state index is 12.8. The average Bonchev–Trinajstić information content (AvgIpc) is 3.38. The topological polar surface area (TPSA) is 67.6 Å². The van der Waals surface area contributed by atoms with E-state index in [1.807, 2.05) is 13.8 Å². The highest BCUT2D eigenvalue weighted by molar-refractivity contribution is 6.00. The molecule has 1 atom stereocenters. The normalized spacial score (nSPS) is 18.4. The summed E-state index contributed by atoms with van der Waals surface area (Å²) < 4.78 is 5.65. The van der Waals surface area contributed by atoms with Crippen molar-refractivity contribution in [3.63, 3.8) is 0 Å². The van der Waals surface area contributed by atoms with Crippen LogP contribution in [0.1, 0.15) is 66.2 Å². The second kappa shape index (κ2) is 8.52. The summed E-state index contributed by atoms with van der Waals surface area (Å²) in [5.41, 5.74) is 11.4. The van der Waals surface area contributed by atoms with E-state index in [-0.39, 0.29) is 12.0 Å². The standard InChI is InChI=1S/C25H31N3O2/c1-16(2)30-24-12-9-18(15-22(24)26)25(29)27-17(3)19-7-6-8-21-20(19)10-11-23(21)28-13-4-5-14-28/h6-9,12,15-16,23H,3-5,10-11,13-14,26H2,1-2H3,(H,27,29). The van der Waals surface area contributed by atoms with Crippen LogP contribution in [-0.4, -0.2) is 30.0 Å². The van der Waals surface area contributed by atoms with Crippen molar-refractivity contribution in [2.45, 2.75) is 51.7 Å². The summed E-state index contributed by atoms with van der Waals surface area (Å²) in [6.45, 7) is 10.4. The van der Waals surface area contributed by atoms with Crippen LogP contribution in [0.15, 0.2) is 43.0 Å². The Morgan fingerprint density at radius 1 is 1.23 bits per heavy atom. The number of hydrogen-bond acceptors (Lipinski definition) is 4. The number of nitrogens with two attached hydrogens (primary N) is 1. The van der Waals surface area contributed by atoms with Crippen LogP contribution < -0.4 is 15.8 Å². The van der Waals surface area contributed by atoms with Gasteiger partial charge in [-0.2, -0.15) is 0 Å². The molecule has 4 rings (SSSR count). The zero-order valence-electron chi connectivity index (χ0n) is 17.9. The predicted octanol–water partition coefficient (Wildman–Crippen LogP) is 4.54. The van der Waals surface area contributed by atoms with Crippen molar-refractivity contribution in [2.75, 3.05) is 18.8 Å². The summed E-state index contributed by atoms with van der Waals surface area (Å²) in [6.07, 6.45) is 4.77. The van der Waals surface area contributed by atoms with E-state index in [1.54, 1.807) is 18.2 Å². The van der Waals surface area contributed by atoms with Crippen LogP contribution in [0.3, 0.4) is 0 Å². The summed E-state index contributed by atoms with van der Waals surface area (Å²) >= 11 is 0. The number of ether oxygens (including phenoxy) is 1. The van der Waals surface area contributed by atoms with Crippen LogP contribution in [0.4, 0.5) is 5.69 Å². The Hall–Kier alpha value is -2.79. The average molecular weight is 406 g/mol. The van der Waals surface area contributed by atoms with E-state index >= 15 is 0 Å². The molecule has 3 N–H and O–H groups in total. The first-order valence-corrected chi connectivity index (χ1v) is 10.9. The molecular weight excluding hydrogens is 374 g/mol. The zero-order chi connectivity index (χ0) is 21.3. The number of nitrogen functional groups attached to an aromatic ring is 1. The third kappa shape index (κ3) is 4.08. The number of fused-ring (bicyclic) bond motifs is 1. The van der Waals surface area contributed by atoms with Crippen LogP contribution in [0, 0.1) is 0 Å². The maximum atomic E-state index is 12.8. The number of rotatable bonds is 6. The van der Waals surface area contributed by atoms with E-state index in [1.165, 1.54) is 37.1 Å². The fraction of sp³-hybridized carbons (Fsp3) is 0.400. The van der Waals surface area contributed by atoms with Gasteiger partial charge >= 0.3 is 0 Å². The van der Waals surface area contributed by atoms with Gasteiger partial charge in [-0.1, -0.05) is 24.8 Å². The molecule has 1 aliphatic carbocycles. The number of anilines is 1. The number of nitrogens with zero attached hydrogens (tertiary/aromatic N) is 1. The van der Waals surface area contributed by atoms with Crippen molar-refractivity contribution in [3.8, 4) is 5.75 Å². The van der Waals surface area contributed by atoms with Gasteiger partial charge in [0.1, 0.15) is 5.75 Å². The summed E-state index contributed by atoms with van der Waals surface area (Å²) in [7, 11) is 0. The Balaban J connectivity index is 1.49. The smallest absolute Gasteiger partial charge is 0.255 e. The first-order chi connectivity index (χ1) is 14.4. The molecule has 5 heteroatoms. The second-order valence-corrected chi connectivity index (χ2v) is 8.52. The summed E-state index contributed by atoms with van der Waals surface area (Å²) in [5.74, 6) is 0.378. The lowest BCUT2D eigenvalue weighted by atomic mass is 9.99. The Kier molecular flexibility index (Phi) is 5.82. The monoisotopic (exact) mass is 405 g/mol. The number of carbonyl (C=O) groups excluding carboxylic acids is 1. The van der Waals surface area contributed by atoms with Crippen molar-refractivity contribution >= 4 is 17.3 Å². The van der Waals surface area contributed by atoms with E-state index in [0.717, 1.165) is 18.4 Å². The summed E-state index contributed by atoms with van der Waals surface area (Å²) in [6, 6.07) is 12.0. The van der Waals surface area contributed by atoms with Crippen molar-refractivity contribution in [1.82, 2.24) is 10.2 Å². The third-order valence-corrected chi connectivity index (χ3v) is 6.04. The SMILES string of the molecule is C=C(NC(=O)c1ccc(OC(C)C)c(N)c1)c1cccc2c1CCC2N1CCCC1. The van der Waals surface area contributed by atoms with Gasteiger partial charge in [0.15, 0.2) is 0 Å². The van der Waals surface area contributed by atoms with Gasteiger partial charge in [-0.25, -0.2) is 0 Å². The molecule has 1 fully saturated rings. The van der Waals surface area contributed by atoms with Gasteiger partial charge in [0.2, 0.25) is 0 Å². The molecule has 1 unspecified atom stereocenters. The number of likely N-dealkylation sites (tertiary alicyclic amines) is 1. The Labute approximate surface area is 178 Å². The summed E-state index contributed by atoms with van der Waals surface area (Å²) in [4.78, 5) is 15.4. The molecule has 2 aliphatic rings. The molecule has 0 radical (unpaired) electrons. The largest absolute Gasteiger partial charge is 0.489 e. The lowest BCUT2D eigenvalue weighted by Gasteiger charge is -2.24. The van der Waals surface area contributed by atoms with Crippen LogP contribution in [0.2, 0.25) is 0 Å². The van der Waals surface area contributed by atoms with E-state index in [2.05, 4.69) is 35.0 Å². The molecule has 1 amide bonds. The molecule has 30 heavy (non-hydrogen) atoms. The minimum Gasteiger partial charge on any atom is -0.489 e. The fourth-order valence-electron chi connectivity index (χ4n) is 4.68. The van der Waals surface area contributed by atoms with Crippen molar-refractivity contribution in [2.24, 2.45) is 0 Å². The van der Waals surface area contributed by atoms with Gasteiger partial charge in [0, 0.05) is 22.9 Å². The molecule has 0 saturated carbocycles. The number of nitrogens with one attached hydrogen (secondary N) is 1. The van der Waals surface area contributed by atoms with E-state index in [9.17, 15) is 4.79 Å². The van der Waals surface area contributed by atoms with Crippen molar-refractivity contribution in [1.29, 1.82) is 0 Å². The van der Waals surface area contributed by atoms with Gasteiger partial charge in [-0.15, -0.1) is 0 Å². The Morgan fingerprint density at radius 2 is 2.00 bits per heavy atom. The third-order valence-electron chi connectivity index (χ3n) is 6.04. The molecule has 1 heterocycles. The minimum absolute atomic E-state index is 0.0244. The summed E-state index contributed by atoms with van der Waals surface area (Å²) in [5, 5.41) is 2.97. The van der Waals surface area contributed by atoms with Crippen LogP contribution in [0.25, 0.3) is 5.70 Å². The lowest BCUT2D eigenvalue weighted by Crippen LogP contribution is -2.24. The molecule has 1 saturated heterocycles. The molecular formula is C25H31N3O2. The number of benzene rings is 2. The van der Waals surface area contributed by atoms with Gasteiger partial charge in [0.25, 0.3) is 5.91 Å². The highest BCUT2D eigenvalue weighted by Crippen LogP contribution is 2.40. The Bertz CT molecular complexity index is 961. The Morgan fingerprint density at radius 3 is 2.70 bits per heavy atom. The highest BCUT2D eigenvalue weighted by atomic mass is 16.5. The molecule has 1 aliphatic heterocycles. The van der Waals surface area contributed by atoms with Crippen LogP contribution in [-0.2, 0) is 6.42 Å². The predicted molar refractivity (Wildman–Crippen MR) is 121 cm³/mol. The molecule has 158 valence electrons. The van der Waals surface area contributed by atoms with Gasteiger partial charge < -0.3 is 15.8 Å².